The molecular weight excluding hydrogens is 500 g/mol. The number of nitriles is 1. The van der Waals surface area contributed by atoms with Crippen LogP contribution in [0.3, 0.4) is 0 Å². The van der Waals surface area contributed by atoms with Crippen molar-refractivity contribution in [3.8, 4) is 28.5 Å². The Kier molecular flexibility index (Phi) is 5.53. The quantitative estimate of drug-likeness (QED) is 0.165. The monoisotopic (exact) mass is 531 g/mol. The third kappa shape index (κ3) is 3.83. The van der Waals surface area contributed by atoms with Crippen molar-refractivity contribution < 1.29 is 8.98 Å². The van der Waals surface area contributed by atoms with E-state index in [1.165, 1.54) is 16.3 Å². The van der Waals surface area contributed by atoms with Crippen LogP contribution >= 0.6 is 0 Å². The summed E-state index contributed by atoms with van der Waals surface area (Å²) in [5.74, 6) is 0. The summed E-state index contributed by atoms with van der Waals surface area (Å²) in [5.41, 5.74) is 8.70. The van der Waals surface area contributed by atoms with Crippen molar-refractivity contribution in [2.24, 2.45) is 7.05 Å². The fraction of sp³-hybridized carbons (Fsp3) is 0.158. The molecule has 0 aliphatic carbocycles. The minimum atomic E-state index is 0.0185. The molecule has 2 heterocycles. The van der Waals surface area contributed by atoms with Crippen LogP contribution in [0.15, 0.2) is 102 Å². The third-order valence-electron chi connectivity index (χ3n) is 8.45. The summed E-state index contributed by atoms with van der Waals surface area (Å²) < 4.78 is 9.09. The average Bonchev–Trinajstić information content (AvgIpc) is 3.34. The van der Waals surface area contributed by atoms with Crippen molar-refractivity contribution in [2.75, 3.05) is 0 Å². The number of benzene rings is 5. The number of hydrogen-bond donors (Lipinski definition) is 0. The zero-order valence-corrected chi connectivity index (χ0v) is 24.0. The van der Waals surface area contributed by atoms with Gasteiger partial charge in [0.05, 0.1) is 17.2 Å². The lowest BCUT2D eigenvalue weighted by Gasteiger charge is -2.19. The third-order valence-corrected chi connectivity index (χ3v) is 8.45. The van der Waals surface area contributed by atoms with E-state index in [0.717, 1.165) is 60.7 Å². The van der Waals surface area contributed by atoms with Crippen molar-refractivity contribution in [1.82, 2.24) is 0 Å². The fourth-order valence-corrected chi connectivity index (χ4v) is 6.23. The maximum atomic E-state index is 10.3. The largest absolute Gasteiger partial charge is 0.454 e. The zero-order valence-electron chi connectivity index (χ0n) is 24.0. The van der Waals surface area contributed by atoms with Gasteiger partial charge in [0, 0.05) is 28.5 Å². The van der Waals surface area contributed by atoms with Gasteiger partial charge in [0.15, 0.2) is 6.20 Å². The van der Waals surface area contributed by atoms with Gasteiger partial charge in [0.1, 0.15) is 18.2 Å². The van der Waals surface area contributed by atoms with Gasteiger partial charge in [-0.3, -0.25) is 0 Å². The lowest BCUT2D eigenvalue weighted by Crippen LogP contribution is -2.32. The molecule has 7 rings (SSSR count). The maximum absolute atomic E-state index is 10.3. The van der Waals surface area contributed by atoms with Crippen LogP contribution in [0.25, 0.3) is 65.9 Å². The van der Waals surface area contributed by atoms with Gasteiger partial charge in [0.25, 0.3) is 0 Å². The Hall–Kier alpha value is -4.94. The summed E-state index contributed by atoms with van der Waals surface area (Å²) in [7, 11) is 2.09. The normalized spacial score (nSPS) is 12.0. The highest BCUT2D eigenvalue weighted by atomic mass is 16.3. The summed E-state index contributed by atoms with van der Waals surface area (Å²) in [6, 6.07) is 34.4. The van der Waals surface area contributed by atoms with Crippen LogP contribution in [-0.2, 0) is 12.5 Å². The van der Waals surface area contributed by atoms with Crippen LogP contribution in [0.4, 0.5) is 0 Å². The Morgan fingerprint density at radius 1 is 0.707 bits per heavy atom. The summed E-state index contributed by atoms with van der Waals surface area (Å²) in [4.78, 5) is 0. The SMILES string of the molecule is Cc1ccc2c(oc3c(-c4cc5ccccc5c5ccccc45)c(C#N)ccc32)c1-c1cc(C(C)(C)C)cc[n+]1C. The molecule has 0 atom stereocenters. The van der Waals surface area contributed by atoms with E-state index in [0.29, 0.717) is 5.56 Å². The second-order valence-electron chi connectivity index (χ2n) is 12.1. The van der Waals surface area contributed by atoms with Gasteiger partial charge in [-0.05, 0) is 68.8 Å². The summed E-state index contributed by atoms with van der Waals surface area (Å²) in [5, 5.41) is 17.0. The molecule has 0 saturated heterocycles. The number of nitrogens with zero attached hydrogens (tertiary/aromatic N) is 2. The van der Waals surface area contributed by atoms with E-state index >= 15 is 0 Å². The minimum absolute atomic E-state index is 0.0185. The second kappa shape index (κ2) is 9.04. The number of pyridine rings is 1. The van der Waals surface area contributed by atoms with Crippen LogP contribution < -0.4 is 4.57 Å². The second-order valence-corrected chi connectivity index (χ2v) is 12.1. The predicted octanol–water partition coefficient (Wildman–Crippen LogP) is 9.53. The molecular formula is C38H31N2O+. The molecule has 0 N–H and O–H groups in total. The van der Waals surface area contributed by atoms with Gasteiger partial charge in [0.2, 0.25) is 5.69 Å². The predicted molar refractivity (Wildman–Crippen MR) is 169 cm³/mol. The van der Waals surface area contributed by atoms with E-state index in [-0.39, 0.29) is 5.41 Å². The molecule has 0 amide bonds. The highest BCUT2D eigenvalue weighted by Crippen LogP contribution is 2.44. The fourth-order valence-electron chi connectivity index (χ4n) is 6.23. The molecule has 0 aliphatic rings. The Bertz CT molecular complexity index is 2220. The Labute approximate surface area is 239 Å². The van der Waals surface area contributed by atoms with E-state index < -0.39 is 0 Å². The van der Waals surface area contributed by atoms with Gasteiger partial charge in [-0.25, -0.2) is 4.57 Å². The van der Waals surface area contributed by atoms with Crippen LogP contribution in [0.5, 0.6) is 0 Å². The zero-order chi connectivity index (χ0) is 28.5. The highest BCUT2D eigenvalue weighted by Gasteiger charge is 2.26. The van der Waals surface area contributed by atoms with Crippen molar-refractivity contribution in [3.63, 3.8) is 0 Å². The number of furan rings is 1. The molecule has 0 fully saturated rings. The number of aryl methyl sites for hydroxylation is 2. The highest BCUT2D eigenvalue weighted by molar-refractivity contribution is 6.19. The van der Waals surface area contributed by atoms with Crippen LogP contribution in [0.1, 0.15) is 37.5 Å². The molecule has 0 bridgehead atoms. The molecule has 41 heavy (non-hydrogen) atoms. The first-order valence-corrected chi connectivity index (χ1v) is 14.1. The molecule has 0 spiro atoms. The maximum Gasteiger partial charge on any atom is 0.216 e. The molecule has 0 unspecified atom stereocenters. The summed E-state index contributed by atoms with van der Waals surface area (Å²) in [6.07, 6.45) is 2.14. The standard InChI is InChI=1S/C38H31N2O/c1-23-14-16-30-31-17-15-25(22-39)35(32-20-24-10-6-7-11-27(24)28-12-8-9-13-29(28)32)37(31)41-36(30)34(23)33-21-26(38(2,3)4)18-19-40(33)5/h6-21H,1-5H3/q+1. The van der Waals surface area contributed by atoms with E-state index in [1.54, 1.807) is 0 Å². The molecule has 0 saturated carbocycles. The first-order chi connectivity index (χ1) is 19.8. The molecule has 0 radical (unpaired) electrons. The minimum Gasteiger partial charge on any atom is -0.454 e. The first-order valence-electron chi connectivity index (χ1n) is 14.1. The Morgan fingerprint density at radius 2 is 1.37 bits per heavy atom. The van der Waals surface area contributed by atoms with Gasteiger partial charge in [-0.15, -0.1) is 0 Å². The summed E-state index contributed by atoms with van der Waals surface area (Å²) >= 11 is 0. The van der Waals surface area contributed by atoms with Gasteiger partial charge in [-0.1, -0.05) is 81.4 Å². The molecule has 3 nitrogen and oxygen atoms in total. The molecule has 5 aromatic carbocycles. The molecule has 198 valence electrons. The van der Waals surface area contributed by atoms with Gasteiger partial charge in [-0.2, -0.15) is 5.26 Å². The number of hydrogen-bond acceptors (Lipinski definition) is 2. The molecule has 0 aliphatic heterocycles. The van der Waals surface area contributed by atoms with E-state index in [2.05, 4.69) is 130 Å². The smallest absolute Gasteiger partial charge is 0.216 e. The van der Waals surface area contributed by atoms with Crippen LogP contribution in [-0.4, -0.2) is 0 Å². The lowest BCUT2D eigenvalue weighted by atomic mass is 9.86. The van der Waals surface area contributed by atoms with Crippen LogP contribution in [0.2, 0.25) is 0 Å². The molecule has 2 aromatic heterocycles. The van der Waals surface area contributed by atoms with E-state index in [1.807, 2.05) is 12.1 Å². The number of rotatable bonds is 2. The van der Waals surface area contributed by atoms with Crippen molar-refractivity contribution in [1.29, 1.82) is 5.26 Å². The van der Waals surface area contributed by atoms with Crippen molar-refractivity contribution >= 4 is 43.5 Å². The summed E-state index contributed by atoms with van der Waals surface area (Å²) in [6.45, 7) is 8.86. The number of aromatic nitrogens is 1. The number of fused-ring (bicyclic) bond motifs is 6. The van der Waals surface area contributed by atoms with E-state index in [4.69, 9.17) is 4.42 Å². The van der Waals surface area contributed by atoms with Gasteiger partial charge < -0.3 is 4.42 Å². The average molecular weight is 532 g/mol. The molecule has 3 heteroatoms. The van der Waals surface area contributed by atoms with Gasteiger partial charge >= 0.3 is 0 Å². The van der Waals surface area contributed by atoms with Crippen molar-refractivity contribution in [3.05, 3.63) is 114 Å². The first kappa shape index (κ1) is 25.1. The van der Waals surface area contributed by atoms with E-state index in [9.17, 15) is 5.26 Å². The lowest BCUT2D eigenvalue weighted by molar-refractivity contribution is -0.660. The van der Waals surface area contributed by atoms with Crippen molar-refractivity contribution in [2.45, 2.75) is 33.1 Å². The Morgan fingerprint density at radius 3 is 2.10 bits per heavy atom. The molecule has 7 aromatic rings. The van der Waals surface area contributed by atoms with Crippen LogP contribution in [0, 0.1) is 18.3 Å². The topological polar surface area (TPSA) is 40.8 Å². The Balaban J connectivity index is 1.61.